The Morgan fingerprint density at radius 2 is 1.79 bits per heavy atom. The van der Waals surface area contributed by atoms with Crippen LogP contribution in [0.3, 0.4) is 0 Å². The summed E-state index contributed by atoms with van der Waals surface area (Å²) in [6.45, 7) is 4.36. The predicted octanol–water partition coefficient (Wildman–Crippen LogP) is 1.64. The second-order valence-electron chi connectivity index (χ2n) is 7.67. The van der Waals surface area contributed by atoms with E-state index in [0.29, 0.717) is 12.8 Å². The quantitative estimate of drug-likeness (QED) is 0.292. The van der Waals surface area contributed by atoms with Crippen LogP contribution in [0.2, 0.25) is 0 Å². The van der Waals surface area contributed by atoms with Crippen LogP contribution in [0.15, 0.2) is 12.2 Å². The number of imide groups is 1. The lowest BCUT2D eigenvalue weighted by Crippen LogP contribution is -2.47. The molecular formula is C20H25N3O5. The summed E-state index contributed by atoms with van der Waals surface area (Å²) in [6, 6.07) is 0.601. The molecule has 8 heteroatoms. The zero-order valence-corrected chi connectivity index (χ0v) is 16.3. The van der Waals surface area contributed by atoms with Crippen LogP contribution in [-0.4, -0.2) is 46.8 Å². The number of carbonyl (C=O) groups is 4. The minimum absolute atomic E-state index is 0.00489. The van der Waals surface area contributed by atoms with E-state index in [1.165, 1.54) is 6.92 Å². The number of nitriles is 1. The van der Waals surface area contributed by atoms with Crippen molar-refractivity contribution in [3.8, 4) is 6.07 Å². The molecule has 1 fully saturated rings. The fourth-order valence-corrected chi connectivity index (χ4v) is 3.62. The number of hydrogen-bond acceptors (Lipinski definition) is 7. The number of hydrogen-bond donors (Lipinski definition) is 1. The summed E-state index contributed by atoms with van der Waals surface area (Å²) in [6.07, 6.45) is 4.90. The van der Waals surface area contributed by atoms with Crippen molar-refractivity contribution < 1.29 is 23.9 Å². The summed E-state index contributed by atoms with van der Waals surface area (Å²) < 4.78 is 5.06. The van der Waals surface area contributed by atoms with E-state index in [1.54, 1.807) is 6.07 Å². The third-order valence-electron chi connectivity index (χ3n) is 5.06. The number of nitrogens with one attached hydrogen (secondary N) is 1. The summed E-state index contributed by atoms with van der Waals surface area (Å²) in [5.41, 5.74) is -0.135. The number of ether oxygens (including phenoxy) is 1. The Bertz CT molecular complexity index is 738. The van der Waals surface area contributed by atoms with Crippen LogP contribution < -0.4 is 0 Å². The number of fused-ring (bicyclic) bond motifs is 1. The van der Waals surface area contributed by atoms with Crippen molar-refractivity contribution in [3.63, 3.8) is 0 Å². The molecule has 2 amide bonds. The zero-order valence-electron chi connectivity index (χ0n) is 16.3. The summed E-state index contributed by atoms with van der Waals surface area (Å²) in [4.78, 5) is 51.3. The fourth-order valence-electron chi connectivity index (χ4n) is 3.62. The van der Waals surface area contributed by atoms with Gasteiger partial charge in [0.05, 0.1) is 17.9 Å². The second kappa shape index (κ2) is 8.91. The minimum atomic E-state index is -1.28. The summed E-state index contributed by atoms with van der Waals surface area (Å²) in [5.74, 6) is -4.48. The molecule has 0 spiro atoms. The Kier molecular flexibility index (Phi) is 6.84. The van der Waals surface area contributed by atoms with Crippen molar-refractivity contribution in [2.45, 2.75) is 46.1 Å². The van der Waals surface area contributed by atoms with Gasteiger partial charge in [0.25, 0.3) is 0 Å². The number of ketones is 1. The van der Waals surface area contributed by atoms with E-state index in [2.05, 4.69) is 0 Å². The van der Waals surface area contributed by atoms with Gasteiger partial charge in [-0.15, -0.1) is 0 Å². The first-order valence-electron chi connectivity index (χ1n) is 9.34. The highest BCUT2D eigenvalue weighted by Crippen LogP contribution is 2.37. The van der Waals surface area contributed by atoms with E-state index in [1.807, 2.05) is 26.0 Å². The predicted molar refractivity (Wildman–Crippen MR) is 98.9 cm³/mol. The lowest BCUT2D eigenvalue weighted by Gasteiger charge is -2.26. The Morgan fingerprint density at radius 3 is 2.21 bits per heavy atom. The van der Waals surface area contributed by atoms with Gasteiger partial charge >= 0.3 is 5.97 Å². The van der Waals surface area contributed by atoms with E-state index < -0.39 is 42.2 Å². The zero-order chi connectivity index (χ0) is 21.0. The monoisotopic (exact) mass is 387 g/mol. The molecule has 0 aromatic rings. The largest absolute Gasteiger partial charge is 0.456 e. The molecule has 1 aliphatic heterocycles. The van der Waals surface area contributed by atoms with Gasteiger partial charge in [-0.1, -0.05) is 26.0 Å². The average molecular weight is 387 g/mol. The van der Waals surface area contributed by atoms with Crippen LogP contribution in [0.25, 0.3) is 0 Å². The van der Waals surface area contributed by atoms with Crippen LogP contribution >= 0.6 is 0 Å². The number of nitrogens with zero attached hydrogens (tertiary/aromatic N) is 2. The number of likely N-dealkylation sites (tertiary alicyclic amines) is 1. The van der Waals surface area contributed by atoms with Gasteiger partial charge in [0, 0.05) is 5.71 Å². The number of allylic oxidation sites excluding steroid dienone is 2. The van der Waals surface area contributed by atoms with Crippen LogP contribution in [0.4, 0.5) is 0 Å². The first-order valence-corrected chi connectivity index (χ1v) is 9.34. The number of rotatable bonds is 8. The van der Waals surface area contributed by atoms with Gasteiger partial charge in [0.15, 0.2) is 12.4 Å². The molecule has 0 radical (unpaired) electrons. The lowest BCUT2D eigenvalue weighted by atomic mass is 9.85. The van der Waals surface area contributed by atoms with E-state index in [-0.39, 0.29) is 29.9 Å². The maximum atomic E-state index is 12.8. The van der Waals surface area contributed by atoms with E-state index in [9.17, 15) is 19.2 Å². The topological polar surface area (TPSA) is 128 Å². The molecule has 2 aliphatic rings. The molecule has 2 rings (SSSR count). The molecule has 1 N–H and O–H groups in total. The SMILES string of the molecule is CC(=N)[C@@H](C#N)C(=O)COC(=O)[C@@H](CC(C)C)N1C(=O)[C@H]2CC=CC[C@@H]2C1=O. The Balaban J connectivity index is 2.15. The van der Waals surface area contributed by atoms with E-state index in [0.717, 1.165) is 4.90 Å². The summed E-state index contributed by atoms with van der Waals surface area (Å²) in [7, 11) is 0. The molecule has 0 unspecified atom stereocenters. The Morgan fingerprint density at radius 1 is 1.25 bits per heavy atom. The van der Waals surface area contributed by atoms with Gasteiger partial charge in [-0.05, 0) is 32.1 Å². The Hall–Kier alpha value is -2.82. The third-order valence-corrected chi connectivity index (χ3v) is 5.06. The van der Waals surface area contributed by atoms with Crippen molar-refractivity contribution in [1.29, 1.82) is 10.7 Å². The van der Waals surface area contributed by atoms with Crippen molar-refractivity contribution in [2.24, 2.45) is 23.7 Å². The highest BCUT2D eigenvalue weighted by atomic mass is 16.5. The van der Waals surface area contributed by atoms with Gasteiger partial charge in [0.2, 0.25) is 11.8 Å². The highest BCUT2D eigenvalue weighted by molar-refractivity contribution is 6.09. The van der Waals surface area contributed by atoms with Crippen molar-refractivity contribution in [2.75, 3.05) is 6.61 Å². The highest BCUT2D eigenvalue weighted by Gasteiger charge is 2.51. The standard InChI is InChI=1S/C20H25N3O5/c1-11(2)8-16(20(27)28-10-17(24)15(9-21)12(3)22)23-18(25)13-6-4-5-7-14(13)19(23)26/h4-5,11,13-16,22H,6-8,10H2,1-3H3/t13-,14-,15+,16+/m0/s1. The first-order chi connectivity index (χ1) is 13.2. The van der Waals surface area contributed by atoms with Crippen LogP contribution in [0, 0.1) is 40.4 Å². The fraction of sp³-hybridized carbons (Fsp3) is 0.600. The molecule has 0 aromatic heterocycles. The van der Waals surface area contributed by atoms with Crippen LogP contribution in [0.5, 0.6) is 0 Å². The van der Waals surface area contributed by atoms with Gasteiger partial charge < -0.3 is 10.1 Å². The molecular weight excluding hydrogens is 362 g/mol. The van der Waals surface area contributed by atoms with Crippen molar-refractivity contribution in [3.05, 3.63) is 12.2 Å². The average Bonchev–Trinajstić information content (AvgIpc) is 2.89. The number of carbonyl (C=O) groups excluding carboxylic acids is 4. The molecule has 8 nitrogen and oxygen atoms in total. The molecule has 0 saturated carbocycles. The lowest BCUT2D eigenvalue weighted by molar-refractivity contribution is -0.161. The van der Waals surface area contributed by atoms with Crippen molar-refractivity contribution >= 4 is 29.3 Å². The molecule has 150 valence electrons. The number of Topliss-reactive ketones (excluding diaryl/α,β-unsaturated/α-hetero) is 1. The van der Waals surface area contributed by atoms with Gasteiger partial charge in [-0.3, -0.25) is 19.3 Å². The maximum absolute atomic E-state index is 12.8. The molecule has 28 heavy (non-hydrogen) atoms. The summed E-state index contributed by atoms with van der Waals surface area (Å²) in [5, 5.41) is 16.4. The van der Waals surface area contributed by atoms with Crippen LogP contribution in [0.1, 0.15) is 40.0 Å². The van der Waals surface area contributed by atoms with Crippen LogP contribution in [-0.2, 0) is 23.9 Å². The van der Waals surface area contributed by atoms with Gasteiger partial charge in [-0.25, -0.2) is 4.79 Å². The number of esters is 1. The summed E-state index contributed by atoms with van der Waals surface area (Å²) >= 11 is 0. The second-order valence-corrected chi connectivity index (χ2v) is 7.67. The molecule has 4 atom stereocenters. The van der Waals surface area contributed by atoms with Gasteiger partial charge in [-0.2, -0.15) is 5.26 Å². The van der Waals surface area contributed by atoms with E-state index >= 15 is 0 Å². The molecule has 1 heterocycles. The Labute approximate surface area is 164 Å². The normalized spacial score (nSPS) is 23.2. The maximum Gasteiger partial charge on any atom is 0.329 e. The molecule has 0 bridgehead atoms. The van der Waals surface area contributed by atoms with E-state index in [4.69, 9.17) is 15.4 Å². The van der Waals surface area contributed by atoms with Crippen molar-refractivity contribution in [1.82, 2.24) is 4.90 Å². The minimum Gasteiger partial charge on any atom is -0.456 e. The molecule has 1 saturated heterocycles. The third kappa shape index (κ3) is 4.35. The molecule has 0 aromatic carbocycles. The first kappa shape index (κ1) is 21.5. The number of amides is 2. The molecule has 1 aliphatic carbocycles. The smallest absolute Gasteiger partial charge is 0.329 e. The van der Waals surface area contributed by atoms with Gasteiger partial charge in [0.1, 0.15) is 12.0 Å².